The molecule has 0 aliphatic rings. The molecule has 0 bridgehead atoms. The lowest BCUT2D eigenvalue weighted by molar-refractivity contribution is 1.05. The first-order valence-corrected chi connectivity index (χ1v) is 8.16. The summed E-state index contributed by atoms with van der Waals surface area (Å²) in [5.41, 5.74) is 2.47. The molecule has 3 heterocycles. The molecule has 0 saturated carbocycles. The van der Waals surface area contributed by atoms with Gasteiger partial charge in [0, 0.05) is 22.6 Å². The Morgan fingerprint density at radius 1 is 0.667 bits per heavy atom. The van der Waals surface area contributed by atoms with E-state index in [0.29, 0.717) is 11.6 Å². The molecule has 116 valence electrons. The summed E-state index contributed by atoms with van der Waals surface area (Å²) in [6, 6.07) is 19.4. The molecule has 0 N–H and O–H groups in total. The first kappa shape index (κ1) is 14.7. The summed E-state index contributed by atoms with van der Waals surface area (Å²) in [4.78, 5) is 8.81. The van der Waals surface area contributed by atoms with Gasteiger partial charge in [-0.1, -0.05) is 28.1 Å². The Hall–Kier alpha value is -2.86. The Labute approximate surface area is 147 Å². The Bertz CT molecular complexity index is 893. The summed E-state index contributed by atoms with van der Waals surface area (Å²) in [6.07, 6.45) is 3.49. The summed E-state index contributed by atoms with van der Waals surface area (Å²) in [5, 5.41) is 8.72. The fraction of sp³-hybridized carbons (Fsp3) is 0. The van der Waals surface area contributed by atoms with Crippen LogP contribution in [-0.2, 0) is 0 Å². The van der Waals surface area contributed by atoms with Crippen LogP contribution in [0.15, 0.2) is 77.5 Å². The molecule has 0 saturated heterocycles. The van der Waals surface area contributed by atoms with Crippen molar-refractivity contribution in [3.05, 3.63) is 77.5 Å². The van der Waals surface area contributed by atoms with E-state index in [1.807, 2.05) is 65.2 Å². The molecule has 0 aliphatic carbocycles. The predicted octanol–water partition coefficient (Wildman–Crippen LogP) is 4.15. The standard InChI is InChI=1S/C18H12BrN5/c19-13-7-9-14(10-8-13)24-17(15-5-1-3-11-20-15)22-23-18(24)16-6-2-4-12-21-16/h1-12H. The number of hydrogen-bond donors (Lipinski definition) is 0. The number of rotatable bonds is 3. The predicted molar refractivity (Wildman–Crippen MR) is 95.5 cm³/mol. The maximum atomic E-state index is 4.41. The lowest BCUT2D eigenvalue weighted by Gasteiger charge is -2.10. The molecular weight excluding hydrogens is 366 g/mol. The van der Waals surface area contributed by atoms with E-state index in [4.69, 9.17) is 0 Å². The molecule has 24 heavy (non-hydrogen) atoms. The van der Waals surface area contributed by atoms with Crippen LogP contribution in [0.4, 0.5) is 0 Å². The number of hydrogen-bond acceptors (Lipinski definition) is 4. The van der Waals surface area contributed by atoms with Crippen molar-refractivity contribution in [3.8, 4) is 28.7 Å². The zero-order chi connectivity index (χ0) is 16.4. The smallest absolute Gasteiger partial charge is 0.187 e. The van der Waals surface area contributed by atoms with Crippen LogP contribution in [-0.4, -0.2) is 24.7 Å². The number of nitrogens with zero attached hydrogens (tertiary/aromatic N) is 5. The van der Waals surface area contributed by atoms with Gasteiger partial charge < -0.3 is 0 Å². The van der Waals surface area contributed by atoms with Crippen molar-refractivity contribution in [3.63, 3.8) is 0 Å². The topological polar surface area (TPSA) is 56.5 Å². The average molecular weight is 378 g/mol. The second kappa shape index (κ2) is 6.33. The molecule has 6 heteroatoms. The molecule has 4 rings (SSSR count). The third-order valence-electron chi connectivity index (χ3n) is 3.54. The zero-order valence-electron chi connectivity index (χ0n) is 12.5. The van der Waals surface area contributed by atoms with Crippen molar-refractivity contribution < 1.29 is 0 Å². The largest absolute Gasteiger partial charge is 0.272 e. The molecule has 0 atom stereocenters. The zero-order valence-corrected chi connectivity index (χ0v) is 14.1. The van der Waals surface area contributed by atoms with Gasteiger partial charge in [0.2, 0.25) is 0 Å². The summed E-state index contributed by atoms with van der Waals surface area (Å²) in [6.45, 7) is 0. The van der Waals surface area contributed by atoms with E-state index in [-0.39, 0.29) is 0 Å². The van der Waals surface area contributed by atoms with Gasteiger partial charge >= 0.3 is 0 Å². The maximum absolute atomic E-state index is 4.41. The van der Waals surface area contributed by atoms with Gasteiger partial charge in [0.05, 0.1) is 0 Å². The van der Waals surface area contributed by atoms with Gasteiger partial charge in [0.15, 0.2) is 11.6 Å². The van der Waals surface area contributed by atoms with Crippen LogP contribution >= 0.6 is 15.9 Å². The van der Waals surface area contributed by atoms with Crippen molar-refractivity contribution in [2.75, 3.05) is 0 Å². The van der Waals surface area contributed by atoms with Crippen LogP contribution in [0.1, 0.15) is 0 Å². The monoisotopic (exact) mass is 377 g/mol. The van der Waals surface area contributed by atoms with Crippen LogP contribution in [0.5, 0.6) is 0 Å². The number of benzene rings is 1. The minimum atomic E-state index is 0.679. The molecule has 0 aliphatic heterocycles. The van der Waals surface area contributed by atoms with Crippen molar-refractivity contribution >= 4 is 15.9 Å². The normalized spacial score (nSPS) is 10.7. The minimum absolute atomic E-state index is 0.679. The van der Waals surface area contributed by atoms with Gasteiger partial charge in [0.1, 0.15) is 11.4 Å². The summed E-state index contributed by atoms with van der Waals surface area (Å²) in [5.74, 6) is 1.36. The van der Waals surface area contributed by atoms with E-state index in [1.165, 1.54) is 0 Å². The molecule has 0 amide bonds. The highest BCUT2D eigenvalue weighted by Crippen LogP contribution is 2.27. The number of halogens is 1. The fourth-order valence-corrected chi connectivity index (χ4v) is 2.71. The molecule has 5 nitrogen and oxygen atoms in total. The summed E-state index contributed by atoms with van der Waals surface area (Å²) in [7, 11) is 0. The van der Waals surface area contributed by atoms with Gasteiger partial charge in [-0.25, -0.2) is 0 Å². The molecule has 0 unspecified atom stereocenters. The van der Waals surface area contributed by atoms with Crippen molar-refractivity contribution in [2.24, 2.45) is 0 Å². The highest BCUT2D eigenvalue weighted by molar-refractivity contribution is 9.10. The fourth-order valence-electron chi connectivity index (χ4n) is 2.44. The van der Waals surface area contributed by atoms with E-state index >= 15 is 0 Å². The molecule has 0 spiro atoms. The van der Waals surface area contributed by atoms with Crippen LogP contribution in [0.2, 0.25) is 0 Å². The Balaban J connectivity index is 1.96. The average Bonchev–Trinajstić information content (AvgIpc) is 3.09. The van der Waals surface area contributed by atoms with Crippen LogP contribution in [0, 0.1) is 0 Å². The Kier molecular flexibility index (Phi) is 3.88. The van der Waals surface area contributed by atoms with Gasteiger partial charge in [-0.15, -0.1) is 10.2 Å². The van der Waals surface area contributed by atoms with Crippen molar-refractivity contribution in [1.29, 1.82) is 0 Å². The lowest BCUT2D eigenvalue weighted by atomic mass is 10.2. The molecule has 1 aromatic carbocycles. The van der Waals surface area contributed by atoms with Gasteiger partial charge in [-0.05, 0) is 48.5 Å². The first-order valence-electron chi connectivity index (χ1n) is 7.37. The van der Waals surface area contributed by atoms with Crippen LogP contribution < -0.4 is 0 Å². The Morgan fingerprint density at radius 2 is 1.21 bits per heavy atom. The third kappa shape index (κ3) is 2.72. The van der Waals surface area contributed by atoms with E-state index < -0.39 is 0 Å². The SMILES string of the molecule is Brc1ccc(-n2c(-c3ccccn3)nnc2-c2ccccn2)cc1. The van der Waals surface area contributed by atoms with E-state index in [1.54, 1.807) is 12.4 Å². The lowest BCUT2D eigenvalue weighted by Crippen LogP contribution is -2.01. The minimum Gasteiger partial charge on any atom is -0.272 e. The van der Waals surface area contributed by atoms with Gasteiger partial charge in [-0.3, -0.25) is 14.5 Å². The Morgan fingerprint density at radius 3 is 1.67 bits per heavy atom. The van der Waals surface area contributed by atoms with E-state index in [2.05, 4.69) is 36.1 Å². The summed E-state index contributed by atoms with van der Waals surface area (Å²) < 4.78 is 2.98. The first-order chi connectivity index (χ1) is 11.8. The van der Waals surface area contributed by atoms with E-state index in [9.17, 15) is 0 Å². The third-order valence-corrected chi connectivity index (χ3v) is 4.06. The summed E-state index contributed by atoms with van der Waals surface area (Å²) >= 11 is 3.47. The number of pyridine rings is 2. The van der Waals surface area contributed by atoms with Crippen molar-refractivity contribution in [1.82, 2.24) is 24.7 Å². The second-order valence-corrected chi connectivity index (χ2v) is 6.00. The van der Waals surface area contributed by atoms with Crippen LogP contribution in [0.3, 0.4) is 0 Å². The maximum Gasteiger partial charge on any atom is 0.187 e. The molecule has 0 fully saturated rings. The molecule has 3 aromatic heterocycles. The van der Waals surface area contributed by atoms with Gasteiger partial charge in [-0.2, -0.15) is 0 Å². The molecule has 4 aromatic rings. The quantitative estimate of drug-likeness (QED) is 0.537. The molecular formula is C18H12BrN5. The number of aromatic nitrogens is 5. The highest BCUT2D eigenvalue weighted by atomic mass is 79.9. The second-order valence-electron chi connectivity index (χ2n) is 5.09. The highest BCUT2D eigenvalue weighted by Gasteiger charge is 2.18. The van der Waals surface area contributed by atoms with Crippen LogP contribution in [0.25, 0.3) is 28.7 Å². The molecule has 0 radical (unpaired) electrons. The van der Waals surface area contributed by atoms with E-state index in [0.717, 1.165) is 21.5 Å². The van der Waals surface area contributed by atoms with Crippen molar-refractivity contribution in [2.45, 2.75) is 0 Å². The van der Waals surface area contributed by atoms with Gasteiger partial charge in [0.25, 0.3) is 0 Å².